The van der Waals surface area contributed by atoms with Gasteiger partial charge in [-0.05, 0) is 32.2 Å². The van der Waals surface area contributed by atoms with Gasteiger partial charge in [0.05, 0.1) is 12.0 Å². The summed E-state index contributed by atoms with van der Waals surface area (Å²) in [6.07, 6.45) is 2.97. The summed E-state index contributed by atoms with van der Waals surface area (Å²) < 4.78 is 0. The Labute approximate surface area is 204 Å². The van der Waals surface area contributed by atoms with E-state index in [2.05, 4.69) is 16.0 Å². The van der Waals surface area contributed by atoms with Crippen LogP contribution in [0.1, 0.15) is 40.0 Å². The predicted octanol–water partition coefficient (Wildman–Crippen LogP) is -0.109. The van der Waals surface area contributed by atoms with E-state index in [0.29, 0.717) is 25.4 Å². The Morgan fingerprint density at radius 3 is 2.65 bits per heavy atom. The van der Waals surface area contributed by atoms with Crippen LogP contribution in [0.3, 0.4) is 0 Å². The fourth-order valence-electron chi connectivity index (χ4n) is 5.42. The lowest BCUT2D eigenvalue weighted by Crippen LogP contribution is -2.62. The van der Waals surface area contributed by atoms with Gasteiger partial charge in [-0.1, -0.05) is 13.8 Å². The van der Waals surface area contributed by atoms with Crippen molar-refractivity contribution in [2.24, 2.45) is 23.5 Å². The molecule has 0 spiro atoms. The van der Waals surface area contributed by atoms with Gasteiger partial charge in [0.15, 0.2) is 0 Å². The normalized spacial score (nSPS) is 33.1. The smallest absolute Gasteiger partial charge is 0.353 e. The molecular formula is C23H37N5O5S. The molecule has 4 rings (SSSR count). The first-order valence-corrected chi connectivity index (χ1v) is 12.9. The number of nitrogens with zero attached hydrogens (tertiary/aromatic N) is 1. The first kappa shape index (κ1) is 26.7. The molecule has 2 amide bonds. The summed E-state index contributed by atoms with van der Waals surface area (Å²) in [5, 5.41) is 19.1. The van der Waals surface area contributed by atoms with Gasteiger partial charge in [-0.25, -0.2) is 4.79 Å². The van der Waals surface area contributed by atoms with Gasteiger partial charge in [-0.3, -0.25) is 9.59 Å². The van der Waals surface area contributed by atoms with Crippen molar-refractivity contribution in [1.82, 2.24) is 20.9 Å². The highest BCUT2D eigenvalue weighted by Gasteiger charge is 2.60. The van der Waals surface area contributed by atoms with Crippen LogP contribution >= 0.6 is 11.8 Å². The Hall–Kier alpha value is -1.95. The maximum Gasteiger partial charge on any atom is 0.353 e. The molecule has 3 fully saturated rings. The average Bonchev–Trinajstić information content (AvgIpc) is 3.47. The van der Waals surface area contributed by atoms with Crippen LogP contribution in [-0.2, 0) is 19.2 Å². The number of nitrogens with two attached hydrogens (primary N) is 1. The molecule has 0 radical (unpaired) electrons. The average molecular weight is 496 g/mol. The zero-order valence-corrected chi connectivity index (χ0v) is 20.9. The lowest BCUT2D eigenvalue weighted by atomic mass is 9.73. The van der Waals surface area contributed by atoms with E-state index < -0.39 is 5.97 Å². The number of thioether (sulfide) groups is 1. The molecule has 0 bridgehead atoms. The number of fused-ring (bicyclic) bond motifs is 1. The van der Waals surface area contributed by atoms with Crippen molar-refractivity contribution >= 4 is 35.8 Å². The molecule has 0 aromatic rings. The van der Waals surface area contributed by atoms with Gasteiger partial charge in [0, 0.05) is 54.2 Å². The third-order valence-electron chi connectivity index (χ3n) is 7.04. The Kier molecular flexibility index (Phi) is 9.14. The van der Waals surface area contributed by atoms with Crippen molar-refractivity contribution in [3.05, 3.63) is 10.6 Å². The number of β-lactam (4-membered cyclic amide) rings is 1. The van der Waals surface area contributed by atoms with Gasteiger partial charge >= 0.3 is 5.97 Å². The van der Waals surface area contributed by atoms with E-state index in [4.69, 9.17) is 5.73 Å². The van der Waals surface area contributed by atoms with Crippen LogP contribution in [0.2, 0.25) is 0 Å². The first-order chi connectivity index (χ1) is 16.1. The molecule has 3 saturated heterocycles. The summed E-state index contributed by atoms with van der Waals surface area (Å²) in [7, 11) is 0. The summed E-state index contributed by atoms with van der Waals surface area (Å²) in [6.45, 7) is 8.78. The molecule has 4 heterocycles. The molecule has 6 N–H and O–H groups in total. The van der Waals surface area contributed by atoms with Crippen LogP contribution in [0.4, 0.5) is 0 Å². The minimum Gasteiger partial charge on any atom is -0.477 e. The molecule has 190 valence electrons. The van der Waals surface area contributed by atoms with Gasteiger partial charge in [-0.2, -0.15) is 0 Å². The van der Waals surface area contributed by atoms with Crippen LogP contribution in [0, 0.1) is 17.8 Å². The van der Waals surface area contributed by atoms with Crippen LogP contribution in [0.5, 0.6) is 0 Å². The number of carbonyl (C=O) groups excluding carboxylic acids is 3. The molecule has 0 saturated carbocycles. The zero-order valence-electron chi connectivity index (χ0n) is 20.1. The minimum atomic E-state index is -1.08. The van der Waals surface area contributed by atoms with Crippen molar-refractivity contribution in [1.29, 1.82) is 0 Å². The van der Waals surface area contributed by atoms with Crippen LogP contribution < -0.4 is 21.7 Å². The van der Waals surface area contributed by atoms with Crippen molar-refractivity contribution < 1.29 is 24.3 Å². The van der Waals surface area contributed by atoms with E-state index in [1.54, 1.807) is 0 Å². The maximum atomic E-state index is 12.7. The summed E-state index contributed by atoms with van der Waals surface area (Å²) in [5.41, 5.74) is 5.58. The van der Waals surface area contributed by atoms with Crippen LogP contribution in [0.25, 0.3) is 0 Å². The van der Waals surface area contributed by atoms with E-state index in [9.17, 15) is 24.3 Å². The second-order valence-electron chi connectivity index (χ2n) is 9.77. The summed E-state index contributed by atoms with van der Waals surface area (Å²) in [4.78, 5) is 48.8. The predicted molar refractivity (Wildman–Crippen MR) is 130 cm³/mol. The molecule has 34 heavy (non-hydrogen) atoms. The molecule has 0 aromatic heterocycles. The maximum absolute atomic E-state index is 12.7. The molecular weight excluding hydrogens is 458 g/mol. The van der Waals surface area contributed by atoms with E-state index in [0.717, 1.165) is 37.4 Å². The Morgan fingerprint density at radius 1 is 1.38 bits per heavy atom. The second-order valence-corrected chi connectivity index (χ2v) is 11.1. The third-order valence-corrected chi connectivity index (χ3v) is 8.55. The highest BCUT2D eigenvalue weighted by atomic mass is 32.2. The van der Waals surface area contributed by atoms with E-state index in [1.165, 1.54) is 23.6 Å². The number of hydrogen-bond acceptors (Lipinski definition) is 8. The molecule has 0 aliphatic carbocycles. The second kappa shape index (κ2) is 11.7. The molecule has 0 aromatic carbocycles. The van der Waals surface area contributed by atoms with Crippen LogP contribution in [-0.4, -0.2) is 83.6 Å². The summed E-state index contributed by atoms with van der Waals surface area (Å²) in [6, 6.07) is 0.414. The van der Waals surface area contributed by atoms with E-state index in [1.807, 2.05) is 13.8 Å². The van der Waals surface area contributed by atoms with Crippen molar-refractivity contribution in [2.75, 3.05) is 26.2 Å². The van der Waals surface area contributed by atoms with Crippen LogP contribution in [0.15, 0.2) is 10.6 Å². The number of carbonyl (C=O) groups is 4. The molecule has 0 unspecified atom stereocenters. The number of Topliss-reactive ketones (excluding diaryl/α,β-unsaturated/α-hetero) is 1. The molecule has 7 atom stereocenters. The number of carboxylic acids is 1. The van der Waals surface area contributed by atoms with Gasteiger partial charge in [0.2, 0.25) is 12.3 Å². The van der Waals surface area contributed by atoms with Crippen molar-refractivity contribution in [3.63, 3.8) is 0 Å². The van der Waals surface area contributed by atoms with Gasteiger partial charge in [0.25, 0.3) is 0 Å². The largest absolute Gasteiger partial charge is 0.477 e. The van der Waals surface area contributed by atoms with Gasteiger partial charge in [0.1, 0.15) is 11.5 Å². The lowest BCUT2D eigenvalue weighted by molar-refractivity contribution is -0.160. The Morgan fingerprint density at radius 2 is 2.12 bits per heavy atom. The number of ketones is 1. The topological polar surface area (TPSA) is 154 Å². The number of hydrogen-bond donors (Lipinski definition) is 5. The standard InChI is InChI=1S/C19H27N3O5S.C4H10N2/c1-9(4-10(2)24)14-15-11(3)17(16(19(26)27)22(15)18(14)25)28-13-5-12(21-7-13)6-20-8-23;5-4-1-2-6-3-4/h8-9,11-15,21H,4-7H2,1-3H3,(H,20,23)(H,26,27);4,6H,1-3,5H2/t9-,11+,12-,13-,14+,15-;4-/m01/s1. The fourth-order valence-corrected chi connectivity index (χ4v) is 6.94. The number of nitrogens with one attached hydrogen (secondary N) is 3. The zero-order chi connectivity index (χ0) is 25.0. The molecule has 4 aliphatic rings. The Balaban J connectivity index is 0.000000469. The third kappa shape index (κ3) is 5.81. The molecule has 10 nitrogen and oxygen atoms in total. The van der Waals surface area contributed by atoms with E-state index in [-0.39, 0.29) is 52.5 Å². The SMILES string of the molecule is CC(=O)C[C@H](C)[C@H]1C(=O)N2C(C(=O)O)=C(S[C@@H]3CN[C@H](CNC=O)C3)[C@H](C)[C@@H]12.N[C@@H]1CCNC1. The molecule has 4 aliphatic heterocycles. The monoisotopic (exact) mass is 495 g/mol. The summed E-state index contributed by atoms with van der Waals surface area (Å²) >= 11 is 1.53. The van der Waals surface area contributed by atoms with Crippen molar-refractivity contribution in [2.45, 2.75) is 63.4 Å². The van der Waals surface area contributed by atoms with Gasteiger partial charge in [-0.15, -0.1) is 11.8 Å². The van der Waals surface area contributed by atoms with Gasteiger partial charge < -0.3 is 36.5 Å². The number of rotatable bonds is 9. The lowest BCUT2D eigenvalue weighted by Gasteiger charge is -2.47. The fraction of sp³-hybridized carbons (Fsp3) is 0.739. The first-order valence-electron chi connectivity index (χ1n) is 12.0. The number of aliphatic carboxylic acids is 1. The Bertz CT molecular complexity index is 831. The highest BCUT2D eigenvalue weighted by molar-refractivity contribution is 8.03. The highest BCUT2D eigenvalue weighted by Crippen LogP contribution is 2.53. The number of carboxylic acid groups (broad SMARTS) is 1. The van der Waals surface area contributed by atoms with Crippen molar-refractivity contribution in [3.8, 4) is 0 Å². The quantitative estimate of drug-likeness (QED) is 0.218. The molecule has 11 heteroatoms. The summed E-state index contributed by atoms with van der Waals surface area (Å²) in [5.74, 6) is -1.69. The van der Waals surface area contributed by atoms with E-state index >= 15 is 0 Å². The minimum absolute atomic E-state index is 0.0393. The number of amides is 2.